The van der Waals surface area contributed by atoms with Crippen molar-refractivity contribution in [3.63, 3.8) is 0 Å². The van der Waals surface area contributed by atoms with Crippen LogP contribution in [0.5, 0.6) is 0 Å². The Kier molecular flexibility index (Phi) is 4.91. The summed E-state index contributed by atoms with van der Waals surface area (Å²) in [6.07, 6.45) is 3.77. The molecule has 1 N–H and O–H groups in total. The van der Waals surface area contributed by atoms with Gasteiger partial charge >= 0.3 is 0 Å². The highest BCUT2D eigenvalue weighted by molar-refractivity contribution is 9.10. The molecule has 0 fully saturated rings. The van der Waals surface area contributed by atoms with Crippen LogP contribution in [0.1, 0.15) is 40.7 Å². The third-order valence-electron chi connectivity index (χ3n) is 4.13. The topological polar surface area (TPSA) is 46.2 Å². The van der Waals surface area contributed by atoms with Gasteiger partial charge < -0.3 is 5.32 Å². The Morgan fingerprint density at radius 1 is 0.957 bits per heavy atom. The lowest BCUT2D eigenvalue weighted by Crippen LogP contribution is -2.13. The van der Waals surface area contributed by atoms with E-state index in [4.69, 9.17) is 0 Å². The normalized spacial score (nSPS) is 12.7. The maximum absolute atomic E-state index is 12.3. The van der Waals surface area contributed by atoms with Crippen LogP contribution in [0.2, 0.25) is 0 Å². The van der Waals surface area contributed by atoms with Crippen molar-refractivity contribution in [3.8, 4) is 0 Å². The van der Waals surface area contributed by atoms with Gasteiger partial charge in [0.1, 0.15) is 0 Å². The summed E-state index contributed by atoms with van der Waals surface area (Å²) in [6.45, 7) is 0. The van der Waals surface area contributed by atoms with Crippen molar-refractivity contribution in [1.82, 2.24) is 0 Å². The Labute approximate surface area is 144 Å². The Balaban J connectivity index is 1.54. The van der Waals surface area contributed by atoms with E-state index in [9.17, 15) is 9.59 Å². The Hall–Kier alpha value is -1.94. The zero-order chi connectivity index (χ0) is 16.2. The molecule has 23 heavy (non-hydrogen) atoms. The number of benzene rings is 2. The SMILES string of the molecule is O=C(CCC(=O)c1ccc2c(c1)CCC2)Nc1ccc(Br)cc1. The number of hydrogen-bond acceptors (Lipinski definition) is 2. The third-order valence-corrected chi connectivity index (χ3v) is 4.66. The second-order valence-corrected chi connectivity index (χ2v) is 6.73. The van der Waals surface area contributed by atoms with E-state index >= 15 is 0 Å². The number of rotatable bonds is 5. The molecule has 0 atom stereocenters. The molecule has 3 rings (SSSR count). The highest BCUT2D eigenvalue weighted by Crippen LogP contribution is 2.23. The van der Waals surface area contributed by atoms with Gasteiger partial charge in [-0.05, 0) is 60.7 Å². The maximum Gasteiger partial charge on any atom is 0.224 e. The predicted octanol–water partition coefficient (Wildman–Crippen LogP) is 4.54. The maximum atomic E-state index is 12.3. The van der Waals surface area contributed by atoms with Crippen LogP contribution in [-0.4, -0.2) is 11.7 Å². The summed E-state index contributed by atoms with van der Waals surface area (Å²) in [5.41, 5.74) is 4.11. The average Bonchev–Trinajstić information content (AvgIpc) is 3.02. The molecular formula is C19H18BrNO2. The van der Waals surface area contributed by atoms with Crippen molar-refractivity contribution in [1.29, 1.82) is 0 Å². The molecule has 0 spiro atoms. The van der Waals surface area contributed by atoms with Gasteiger partial charge in [0.2, 0.25) is 5.91 Å². The van der Waals surface area contributed by atoms with E-state index in [-0.39, 0.29) is 24.5 Å². The van der Waals surface area contributed by atoms with Crippen molar-refractivity contribution < 1.29 is 9.59 Å². The highest BCUT2D eigenvalue weighted by atomic mass is 79.9. The molecule has 2 aromatic rings. The number of fused-ring (bicyclic) bond motifs is 1. The second kappa shape index (κ2) is 7.09. The van der Waals surface area contributed by atoms with Crippen LogP contribution in [0.25, 0.3) is 0 Å². The molecule has 0 aliphatic heterocycles. The van der Waals surface area contributed by atoms with E-state index in [0.717, 1.165) is 28.6 Å². The van der Waals surface area contributed by atoms with Crippen molar-refractivity contribution in [2.45, 2.75) is 32.1 Å². The number of nitrogens with one attached hydrogen (secondary N) is 1. The zero-order valence-corrected chi connectivity index (χ0v) is 14.4. The molecule has 0 bridgehead atoms. The van der Waals surface area contributed by atoms with Crippen LogP contribution >= 0.6 is 15.9 Å². The third kappa shape index (κ3) is 4.08. The van der Waals surface area contributed by atoms with E-state index in [1.807, 2.05) is 36.4 Å². The first-order valence-corrected chi connectivity index (χ1v) is 8.61. The minimum Gasteiger partial charge on any atom is -0.326 e. The number of hydrogen-bond donors (Lipinski definition) is 1. The number of carbonyl (C=O) groups is 2. The molecule has 0 heterocycles. The lowest BCUT2D eigenvalue weighted by atomic mass is 10.0. The van der Waals surface area contributed by atoms with Gasteiger partial charge in [0, 0.05) is 28.6 Å². The number of ketones is 1. The number of anilines is 1. The summed E-state index contributed by atoms with van der Waals surface area (Å²) in [5, 5.41) is 2.81. The minimum atomic E-state index is -0.137. The molecular weight excluding hydrogens is 354 g/mol. The molecule has 3 nitrogen and oxygen atoms in total. The molecule has 1 aliphatic carbocycles. The Bertz CT molecular complexity index is 738. The zero-order valence-electron chi connectivity index (χ0n) is 12.8. The molecule has 1 aliphatic rings. The van der Waals surface area contributed by atoms with Gasteiger partial charge in [0.05, 0.1) is 0 Å². The molecule has 0 radical (unpaired) electrons. The molecule has 0 saturated carbocycles. The van der Waals surface area contributed by atoms with Crippen LogP contribution in [0.15, 0.2) is 46.9 Å². The Morgan fingerprint density at radius 3 is 2.48 bits per heavy atom. The number of Topliss-reactive ketones (excluding diaryl/α,β-unsaturated/α-hetero) is 1. The van der Waals surface area contributed by atoms with Crippen LogP contribution in [0.3, 0.4) is 0 Å². The average molecular weight is 372 g/mol. The fourth-order valence-corrected chi connectivity index (χ4v) is 3.14. The van der Waals surface area contributed by atoms with Crippen LogP contribution < -0.4 is 5.32 Å². The lowest BCUT2D eigenvalue weighted by molar-refractivity contribution is -0.116. The van der Waals surface area contributed by atoms with E-state index in [1.165, 1.54) is 17.5 Å². The van der Waals surface area contributed by atoms with Crippen molar-refractivity contribution >= 4 is 33.3 Å². The van der Waals surface area contributed by atoms with Crippen molar-refractivity contribution in [3.05, 3.63) is 63.6 Å². The van der Waals surface area contributed by atoms with Gasteiger partial charge in [-0.3, -0.25) is 9.59 Å². The van der Waals surface area contributed by atoms with E-state index in [1.54, 1.807) is 0 Å². The van der Waals surface area contributed by atoms with Gasteiger partial charge in [-0.15, -0.1) is 0 Å². The molecule has 0 saturated heterocycles. The number of aryl methyl sites for hydroxylation is 2. The van der Waals surface area contributed by atoms with Gasteiger partial charge in [-0.25, -0.2) is 0 Å². The summed E-state index contributed by atoms with van der Waals surface area (Å²) in [7, 11) is 0. The van der Waals surface area contributed by atoms with Crippen LogP contribution in [0.4, 0.5) is 5.69 Å². The lowest BCUT2D eigenvalue weighted by Gasteiger charge is -2.06. The summed E-state index contributed by atoms with van der Waals surface area (Å²) in [5.74, 6) is -0.104. The monoisotopic (exact) mass is 371 g/mol. The second-order valence-electron chi connectivity index (χ2n) is 5.82. The molecule has 0 unspecified atom stereocenters. The van der Waals surface area contributed by atoms with E-state index < -0.39 is 0 Å². The van der Waals surface area contributed by atoms with Gasteiger partial charge in [-0.1, -0.05) is 28.1 Å². The highest BCUT2D eigenvalue weighted by Gasteiger charge is 2.15. The number of halogens is 1. The standard InChI is InChI=1S/C19H18BrNO2/c20-16-6-8-17(9-7-16)21-19(23)11-10-18(22)15-5-4-13-2-1-3-14(13)12-15/h4-9,12H,1-3,10-11H2,(H,21,23). The molecule has 0 aromatic heterocycles. The summed E-state index contributed by atoms with van der Waals surface area (Å²) in [4.78, 5) is 24.2. The van der Waals surface area contributed by atoms with Crippen LogP contribution in [-0.2, 0) is 17.6 Å². The Morgan fingerprint density at radius 2 is 1.70 bits per heavy atom. The largest absolute Gasteiger partial charge is 0.326 e. The fraction of sp³-hybridized carbons (Fsp3) is 0.263. The molecule has 1 amide bonds. The summed E-state index contributed by atoms with van der Waals surface area (Å²) >= 11 is 3.35. The predicted molar refractivity (Wildman–Crippen MR) is 94.8 cm³/mol. The molecule has 118 valence electrons. The smallest absolute Gasteiger partial charge is 0.224 e. The molecule has 2 aromatic carbocycles. The van der Waals surface area contributed by atoms with Gasteiger partial charge in [-0.2, -0.15) is 0 Å². The van der Waals surface area contributed by atoms with Gasteiger partial charge in [0.25, 0.3) is 0 Å². The van der Waals surface area contributed by atoms with Crippen molar-refractivity contribution in [2.75, 3.05) is 5.32 Å². The van der Waals surface area contributed by atoms with Crippen molar-refractivity contribution in [2.24, 2.45) is 0 Å². The summed E-state index contributed by atoms with van der Waals surface area (Å²) < 4.78 is 0.960. The molecule has 4 heteroatoms. The van der Waals surface area contributed by atoms with Crippen LogP contribution in [0, 0.1) is 0 Å². The first-order valence-electron chi connectivity index (χ1n) is 7.82. The fourth-order valence-electron chi connectivity index (χ4n) is 2.87. The quantitative estimate of drug-likeness (QED) is 0.784. The number of carbonyl (C=O) groups excluding carboxylic acids is 2. The first-order chi connectivity index (χ1) is 11.1. The first kappa shape index (κ1) is 15.9. The number of amides is 1. The van der Waals surface area contributed by atoms with E-state index in [0.29, 0.717) is 0 Å². The minimum absolute atomic E-state index is 0.0330. The van der Waals surface area contributed by atoms with E-state index in [2.05, 4.69) is 27.3 Å². The van der Waals surface area contributed by atoms with Gasteiger partial charge in [0.15, 0.2) is 5.78 Å². The summed E-state index contributed by atoms with van der Waals surface area (Å²) in [6, 6.07) is 13.3.